The lowest BCUT2D eigenvalue weighted by molar-refractivity contribution is -0.125. The third-order valence-electron chi connectivity index (χ3n) is 10.1. The Balaban J connectivity index is 0.000000233. The van der Waals surface area contributed by atoms with Crippen molar-refractivity contribution in [1.82, 2.24) is 10.6 Å². The largest absolute Gasteiger partial charge is 0.494 e. The highest BCUT2D eigenvalue weighted by Crippen LogP contribution is 2.39. The van der Waals surface area contributed by atoms with Crippen LogP contribution in [0.5, 0.6) is 11.5 Å². The number of nitrogens with one attached hydrogen (secondary N) is 2. The van der Waals surface area contributed by atoms with E-state index in [0.29, 0.717) is 91.7 Å². The van der Waals surface area contributed by atoms with Crippen LogP contribution in [0.15, 0.2) is 51.2 Å². The van der Waals surface area contributed by atoms with Crippen LogP contribution in [0.2, 0.25) is 0 Å². The topological polar surface area (TPSA) is 181 Å². The van der Waals surface area contributed by atoms with Crippen LogP contribution in [0.25, 0.3) is 0 Å². The fourth-order valence-electron chi connectivity index (χ4n) is 7.36. The van der Waals surface area contributed by atoms with E-state index >= 15 is 0 Å². The number of rotatable bonds is 11. The number of amides is 2. The number of aliphatic imine (C=N–C) groups is 1. The summed E-state index contributed by atoms with van der Waals surface area (Å²) in [5.74, 6) is 2.00. The highest BCUT2D eigenvalue weighted by atomic mass is 32.2. The quantitative estimate of drug-likeness (QED) is 0.304. The highest BCUT2D eigenvalue weighted by Gasteiger charge is 2.45. The first kappa shape index (κ1) is 40.8. The van der Waals surface area contributed by atoms with E-state index in [9.17, 15) is 31.7 Å². The molecule has 0 aromatic heterocycles. The van der Waals surface area contributed by atoms with Gasteiger partial charge >= 0.3 is 0 Å². The van der Waals surface area contributed by atoms with Crippen LogP contribution in [0.1, 0.15) is 90.2 Å². The number of nitriles is 1. The number of sulfone groups is 2. The summed E-state index contributed by atoms with van der Waals surface area (Å²) < 4.78 is 62.1. The van der Waals surface area contributed by atoms with Gasteiger partial charge in [-0.15, -0.1) is 0 Å². The predicted octanol–water partition coefficient (Wildman–Crippen LogP) is 5.40. The number of amidine groups is 1. The molecule has 5 rings (SSSR count). The molecule has 0 unspecified atom stereocenters. The summed E-state index contributed by atoms with van der Waals surface area (Å²) in [4.78, 5) is 28.6. The van der Waals surface area contributed by atoms with Gasteiger partial charge in [-0.05, 0) is 145 Å². The molecule has 0 atom stereocenters. The molecule has 2 aromatic rings. The van der Waals surface area contributed by atoms with Crippen molar-refractivity contribution >= 4 is 37.3 Å². The highest BCUT2D eigenvalue weighted by molar-refractivity contribution is 7.91. The van der Waals surface area contributed by atoms with Crippen molar-refractivity contribution in [1.29, 1.82) is 5.26 Å². The summed E-state index contributed by atoms with van der Waals surface area (Å²) in [5, 5.41) is 14.9. The van der Waals surface area contributed by atoms with Gasteiger partial charge in [0.25, 0.3) is 5.91 Å². The van der Waals surface area contributed by atoms with Crippen molar-refractivity contribution in [3.05, 3.63) is 47.5 Å². The van der Waals surface area contributed by atoms with Crippen LogP contribution in [-0.4, -0.2) is 70.3 Å². The Kier molecular flexibility index (Phi) is 13.2. The third kappa shape index (κ3) is 9.92. The van der Waals surface area contributed by atoms with Gasteiger partial charge in [-0.25, -0.2) is 16.8 Å². The Morgan fingerprint density at radius 1 is 0.846 bits per heavy atom. The van der Waals surface area contributed by atoms with Gasteiger partial charge in [0, 0.05) is 6.92 Å². The van der Waals surface area contributed by atoms with Crippen LogP contribution < -0.4 is 20.1 Å². The lowest BCUT2D eigenvalue weighted by Crippen LogP contribution is -2.49. The van der Waals surface area contributed by atoms with E-state index in [1.54, 1.807) is 43.3 Å². The molecule has 2 fully saturated rings. The zero-order chi connectivity index (χ0) is 38.3. The summed E-state index contributed by atoms with van der Waals surface area (Å²) in [6.07, 6.45) is 4.76. The lowest BCUT2D eigenvalue weighted by Gasteiger charge is -2.35. The van der Waals surface area contributed by atoms with E-state index < -0.39 is 30.8 Å². The number of benzene rings is 2. The Hall–Kier alpha value is -3.96. The van der Waals surface area contributed by atoms with Crippen LogP contribution in [-0.2, 0) is 29.3 Å². The van der Waals surface area contributed by atoms with Gasteiger partial charge in [-0.1, -0.05) is 0 Å². The first-order valence-electron chi connectivity index (χ1n) is 18.0. The number of hydrogen-bond acceptors (Lipinski definition) is 10. The lowest BCUT2D eigenvalue weighted by atomic mass is 9.77. The maximum atomic E-state index is 12.8. The molecule has 284 valence electrons. The van der Waals surface area contributed by atoms with Gasteiger partial charge in [0.05, 0.1) is 40.6 Å². The molecule has 0 radical (unpaired) electrons. The summed E-state index contributed by atoms with van der Waals surface area (Å²) in [7, 11) is -6.77. The first-order valence-corrected chi connectivity index (χ1v) is 21.3. The van der Waals surface area contributed by atoms with E-state index in [0.717, 1.165) is 11.1 Å². The van der Waals surface area contributed by atoms with Crippen molar-refractivity contribution < 1.29 is 35.9 Å². The second-order valence-electron chi connectivity index (χ2n) is 14.2. The number of carbonyl (C=O) groups excluding carboxylic acids is 2. The molecular formula is C38H52N4O8S2. The maximum absolute atomic E-state index is 12.8. The van der Waals surface area contributed by atoms with Crippen LogP contribution >= 0.6 is 0 Å². The molecular weight excluding hydrogens is 705 g/mol. The van der Waals surface area contributed by atoms with Crippen molar-refractivity contribution in [3.8, 4) is 17.6 Å². The molecule has 0 saturated heterocycles. The maximum Gasteiger partial charge on any atom is 0.253 e. The minimum Gasteiger partial charge on any atom is -0.494 e. The van der Waals surface area contributed by atoms with Crippen molar-refractivity contribution in [2.75, 3.05) is 24.7 Å². The van der Waals surface area contributed by atoms with E-state index in [-0.39, 0.29) is 35.2 Å². The average molecular weight is 757 g/mol. The van der Waals surface area contributed by atoms with E-state index in [1.807, 2.05) is 27.7 Å². The van der Waals surface area contributed by atoms with E-state index in [4.69, 9.17) is 9.47 Å². The predicted molar refractivity (Wildman–Crippen MR) is 199 cm³/mol. The first-order chi connectivity index (χ1) is 24.5. The Bertz CT molecular complexity index is 1920. The molecule has 12 nitrogen and oxygen atoms in total. The summed E-state index contributed by atoms with van der Waals surface area (Å²) in [6.45, 7) is 11.7. The Morgan fingerprint density at radius 3 is 1.63 bits per heavy atom. The average Bonchev–Trinajstić information content (AvgIpc) is 3.36. The van der Waals surface area contributed by atoms with Crippen LogP contribution in [0.3, 0.4) is 0 Å². The van der Waals surface area contributed by atoms with Gasteiger partial charge in [-0.3, -0.25) is 14.6 Å². The fourth-order valence-corrected chi connectivity index (χ4v) is 10.9. The van der Waals surface area contributed by atoms with Gasteiger partial charge in [0.15, 0.2) is 19.7 Å². The number of ether oxygens (including phenoxy) is 2. The van der Waals surface area contributed by atoms with E-state index in [2.05, 4.69) is 21.7 Å². The van der Waals surface area contributed by atoms with Gasteiger partial charge < -0.3 is 20.1 Å². The van der Waals surface area contributed by atoms with Gasteiger partial charge in [-0.2, -0.15) is 5.26 Å². The minimum atomic E-state index is -3.41. The number of nitrogens with zero attached hydrogens (tertiary/aromatic N) is 2. The summed E-state index contributed by atoms with van der Waals surface area (Å²) in [6, 6.07) is 12.2. The number of hydrogen-bond donors (Lipinski definition) is 2. The molecule has 2 aliphatic carbocycles. The van der Waals surface area contributed by atoms with Crippen molar-refractivity contribution in [3.63, 3.8) is 0 Å². The van der Waals surface area contributed by atoms with Crippen LogP contribution in [0, 0.1) is 37.0 Å². The molecule has 2 amide bonds. The Labute approximate surface area is 308 Å². The third-order valence-corrected chi connectivity index (χ3v) is 13.9. The summed E-state index contributed by atoms with van der Waals surface area (Å²) >= 11 is 0. The van der Waals surface area contributed by atoms with Gasteiger partial charge in [0.2, 0.25) is 5.91 Å². The van der Waals surface area contributed by atoms with Crippen molar-refractivity contribution in [2.45, 2.75) is 114 Å². The normalized spacial score (nSPS) is 24.5. The number of carbonyl (C=O) groups is 2. The second-order valence-corrected chi connectivity index (χ2v) is 18.3. The molecule has 52 heavy (non-hydrogen) atoms. The molecule has 2 N–H and O–H groups in total. The van der Waals surface area contributed by atoms with Crippen molar-refractivity contribution in [2.24, 2.45) is 16.8 Å². The molecule has 1 spiro atoms. The monoisotopic (exact) mass is 756 g/mol. The number of aryl methyl sites for hydroxylation is 2. The zero-order valence-electron chi connectivity index (χ0n) is 31.1. The molecule has 3 aliphatic rings. The second kappa shape index (κ2) is 16.8. The SMILES string of the molecule is CCOc1ccc(S(=O)(=O)CC2CCC(C#N)(NC(C)=O)CC2)cc1C.CCOc1ccc(S(=O)(=O)CC2CCC3(CC2)N=C(C)NC3=O)cc1C. The smallest absolute Gasteiger partial charge is 0.253 e. The molecule has 2 aromatic carbocycles. The Morgan fingerprint density at radius 2 is 1.29 bits per heavy atom. The van der Waals surface area contributed by atoms with Crippen LogP contribution in [0.4, 0.5) is 0 Å². The van der Waals surface area contributed by atoms with E-state index in [1.165, 1.54) is 6.92 Å². The fraction of sp³-hybridized carbons (Fsp3) is 0.579. The molecule has 0 bridgehead atoms. The van der Waals surface area contributed by atoms with Gasteiger partial charge in [0.1, 0.15) is 28.4 Å². The molecule has 1 aliphatic heterocycles. The zero-order valence-corrected chi connectivity index (χ0v) is 32.7. The standard InChI is InChI=1S/2C19H26N2O4S/c1-4-25-17-6-5-16(11-13(17)2)26(23,24)12-15-7-9-19(10-8-15)18(22)20-14(3)21-19;1-4-25-18-6-5-17(11-14(18)2)26(23,24)12-16-7-9-19(13-20,10-8-16)21-15(3)22/h5-6,11,15H,4,7-10,12H2,1-3H3,(H,20,21,22);5-6,11,16H,4,7-10,12H2,1-3H3,(H,21,22). The molecule has 1 heterocycles. The molecule has 14 heteroatoms. The molecule has 2 saturated carbocycles. The minimum absolute atomic E-state index is 0.0119. The summed E-state index contributed by atoms with van der Waals surface area (Å²) in [5.41, 5.74) is 0.0933.